The summed E-state index contributed by atoms with van der Waals surface area (Å²) in [7, 11) is 0. The lowest BCUT2D eigenvalue weighted by Gasteiger charge is -2.26. The van der Waals surface area contributed by atoms with Crippen molar-refractivity contribution in [2.75, 3.05) is 0 Å². The van der Waals surface area contributed by atoms with E-state index in [9.17, 15) is 4.39 Å². The first-order chi connectivity index (χ1) is 10.0. The lowest BCUT2D eigenvalue weighted by Crippen LogP contribution is -2.31. The number of hydrogen-bond donors (Lipinski definition) is 1. The summed E-state index contributed by atoms with van der Waals surface area (Å²) in [5, 5.41) is 0. The predicted molar refractivity (Wildman–Crippen MR) is 84.0 cm³/mol. The van der Waals surface area contributed by atoms with Crippen LogP contribution in [0.15, 0.2) is 42.5 Å². The number of hydrogen-bond acceptors (Lipinski definition) is 2. The molecule has 0 aliphatic carbocycles. The molecule has 21 heavy (non-hydrogen) atoms. The molecule has 0 aliphatic heterocycles. The molecule has 3 heteroatoms. The molecule has 112 valence electrons. The van der Waals surface area contributed by atoms with Gasteiger partial charge in [-0.05, 0) is 55.2 Å². The summed E-state index contributed by atoms with van der Waals surface area (Å²) < 4.78 is 19.6. The fourth-order valence-electron chi connectivity index (χ4n) is 2.29. The quantitative estimate of drug-likeness (QED) is 0.890. The van der Waals surface area contributed by atoms with Crippen molar-refractivity contribution in [3.63, 3.8) is 0 Å². The molecule has 0 bridgehead atoms. The van der Waals surface area contributed by atoms with Crippen LogP contribution in [0.5, 0.6) is 5.75 Å². The lowest BCUT2D eigenvalue weighted by molar-refractivity contribution is 0.169. The van der Waals surface area contributed by atoms with E-state index >= 15 is 0 Å². The molecule has 2 atom stereocenters. The molecule has 2 aromatic carbocycles. The van der Waals surface area contributed by atoms with Crippen molar-refractivity contribution in [2.45, 2.75) is 39.3 Å². The zero-order chi connectivity index (χ0) is 15.4. The maximum absolute atomic E-state index is 13.5. The van der Waals surface area contributed by atoms with Gasteiger partial charge in [-0.3, -0.25) is 0 Å². The number of aryl methyl sites for hydroxylation is 1. The van der Waals surface area contributed by atoms with Gasteiger partial charge in [0.05, 0.1) is 0 Å². The molecule has 0 heterocycles. The van der Waals surface area contributed by atoms with Crippen LogP contribution in [0.25, 0.3) is 0 Å². The van der Waals surface area contributed by atoms with Crippen molar-refractivity contribution in [1.82, 2.24) is 0 Å². The third kappa shape index (κ3) is 3.61. The van der Waals surface area contributed by atoms with E-state index in [-0.39, 0.29) is 18.0 Å². The summed E-state index contributed by atoms with van der Waals surface area (Å²) in [5.41, 5.74) is 9.20. The SMILES string of the molecule is CCC(N)C(Oc1cccc(C)c1C)c1cccc(F)c1. The van der Waals surface area contributed by atoms with Crippen LogP contribution in [0, 0.1) is 19.7 Å². The normalized spacial score (nSPS) is 13.8. The van der Waals surface area contributed by atoms with E-state index in [1.807, 2.05) is 45.0 Å². The highest BCUT2D eigenvalue weighted by Gasteiger charge is 2.22. The average molecular weight is 287 g/mol. The van der Waals surface area contributed by atoms with Gasteiger partial charge >= 0.3 is 0 Å². The Balaban J connectivity index is 2.35. The van der Waals surface area contributed by atoms with Crippen LogP contribution in [-0.4, -0.2) is 6.04 Å². The highest BCUT2D eigenvalue weighted by Crippen LogP contribution is 2.29. The minimum Gasteiger partial charge on any atom is -0.484 e. The third-order valence-electron chi connectivity index (χ3n) is 3.85. The largest absolute Gasteiger partial charge is 0.484 e. The molecule has 2 unspecified atom stereocenters. The summed E-state index contributed by atoms with van der Waals surface area (Å²) in [4.78, 5) is 0. The summed E-state index contributed by atoms with van der Waals surface area (Å²) in [6.45, 7) is 6.06. The standard InChI is InChI=1S/C18H22FNO/c1-4-16(20)18(14-8-6-9-15(19)11-14)21-17-10-5-7-12(2)13(17)3/h5-11,16,18H,4,20H2,1-3H3. The van der Waals surface area contributed by atoms with Crippen molar-refractivity contribution in [2.24, 2.45) is 5.73 Å². The van der Waals surface area contributed by atoms with Gasteiger partial charge in [0, 0.05) is 6.04 Å². The van der Waals surface area contributed by atoms with Gasteiger partial charge < -0.3 is 10.5 Å². The number of ether oxygens (including phenoxy) is 1. The van der Waals surface area contributed by atoms with Crippen molar-refractivity contribution in [3.8, 4) is 5.75 Å². The zero-order valence-electron chi connectivity index (χ0n) is 12.8. The van der Waals surface area contributed by atoms with Gasteiger partial charge in [-0.25, -0.2) is 4.39 Å². The first-order valence-electron chi connectivity index (χ1n) is 7.26. The minimum atomic E-state index is -0.355. The molecule has 0 aliphatic rings. The third-order valence-corrected chi connectivity index (χ3v) is 3.85. The second kappa shape index (κ2) is 6.72. The van der Waals surface area contributed by atoms with E-state index in [2.05, 4.69) is 0 Å². The van der Waals surface area contributed by atoms with Crippen molar-refractivity contribution in [3.05, 3.63) is 65.0 Å². The van der Waals surface area contributed by atoms with Crippen LogP contribution in [0.1, 0.15) is 36.1 Å². The van der Waals surface area contributed by atoms with Gasteiger partial charge in [0.25, 0.3) is 0 Å². The fraction of sp³-hybridized carbons (Fsp3) is 0.333. The topological polar surface area (TPSA) is 35.2 Å². The van der Waals surface area contributed by atoms with E-state index in [1.165, 1.54) is 12.1 Å². The Hall–Kier alpha value is -1.87. The fourth-order valence-corrected chi connectivity index (χ4v) is 2.29. The van der Waals surface area contributed by atoms with Crippen LogP contribution in [-0.2, 0) is 0 Å². The number of halogens is 1. The molecule has 0 fully saturated rings. The zero-order valence-corrected chi connectivity index (χ0v) is 12.8. The maximum atomic E-state index is 13.5. The van der Waals surface area contributed by atoms with Gasteiger partial charge in [-0.15, -0.1) is 0 Å². The van der Waals surface area contributed by atoms with Crippen molar-refractivity contribution < 1.29 is 9.13 Å². The molecule has 0 aromatic heterocycles. The molecular weight excluding hydrogens is 265 g/mol. The highest BCUT2D eigenvalue weighted by molar-refractivity contribution is 5.39. The first kappa shape index (κ1) is 15.5. The number of rotatable bonds is 5. The van der Waals surface area contributed by atoms with Crippen LogP contribution in [0.4, 0.5) is 4.39 Å². The van der Waals surface area contributed by atoms with E-state index in [4.69, 9.17) is 10.5 Å². The smallest absolute Gasteiger partial charge is 0.139 e. The molecule has 2 N–H and O–H groups in total. The summed E-state index contributed by atoms with van der Waals surface area (Å²) >= 11 is 0. The molecule has 0 saturated carbocycles. The molecule has 2 nitrogen and oxygen atoms in total. The van der Waals surface area contributed by atoms with E-state index in [0.717, 1.165) is 28.9 Å². The summed E-state index contributed by atoms with van der Waals surface area (Å²) in [5.74, 6) is 0.526. The van der Waals surface area contributed by atoms with Gasteiger partial charge in [-0.2, -0.15) is 0 Å². The monoisotopic (exact) mass is 287 g/mol. The molecule has 0 spiro atoms. The molecule has 2 aromatic rings. The van der Waals surface area contributed by atoms with E-state index < -0.39 is 0 Å². The maximum Gasteiger partial charge on any atom is 0.139 e. The summed E-state index contributed by atoms with van der Waals surface area (Å²) in [6, 6.07) is 12.2. The molecule has 0 saturated heterocycles. The summed E-state index contributed by atoms with van der Waals surface area (Å²) in [6.07, 6.45) is 0.401. The Morgan fingerprint density at radius 2 is 1.86 bits per heavy atom. The Kier molecular flexibility index (Phi) is 4.97. The van der Waals surface area contributed by atoms with Gasteiger partial charge in [0.1, 0.15) is 17.7 Å². The van der Waals surface area contributed by atoms with Crippen LogP contribution in [0.2, 0.25) is 0 Å². The number of benzene rings is 2. The second-order valence-electron chi connectivity index (χ2n) is 5.36. The van der Waals surface area contributed by atoms with Crippen molar-refractivity contribution in [1.29, 1.82) is 0 Å². The van der Waals surface area contributed by atoms with Crippen LogP contribution < -0.4 is 10.5 Å². The molecule has 0 amide bonds. The van der Waals surface area contributed by atoms with Gasteiger partial charge in [0.2, 0.25) is 0 Å². The molecular formula is C18H22FNO. The van der Waals surface area contributed by atoms with Crippen molar-refractivity contribution >= 4 is 0 Å². The van der Waals surface area contributed by atoms with Gasteiger partial charge in [-0.1, -0.05) is 31.2 Å². The second-order valence-corrected chi connectivity index (χ2v) is 5.36. The number of nitrogens with two attached hydrogens (primary N) is 1. The van der Waals surface area contributed by atoms with E-state index in [0.29, 0.717) is 0 Å². The Bertz CT molecular complexity index is 612. The molecule has 0 radical (unpaired) electrons. The van der Waals surface area contributed by atoms with Gasteiger partial charge in [0.15, 0.2) is 0 Å². The highest BCUT2D eigenvalue weighted by atomic mass is 19.1. The lowest BCUT2D eigenvalue weighted by atomic mass is 10.00. The average Bonchev–Trinajstić information content (AvgIpc) is 2.48. The first-order valence-corrected chi connectivity index (χ1v) is 7.26. The Morgan fingerprint density at radius 3 is 2.52 bits per heavy atom. The predicted octanol–water partition coefficient (Wildman–Crippen LogP) is 4.30. The Labute approximate surface area is 125 Å². The van der Waals surface area contributed by atoms with Crippen LogP contribution >= 0.6 is 0 Å². The van der Waals surface area contributed by atoms with Crippen LogP contribution in [0.3, 0.4) is 0 Å². The Morgan fingerprint density at radius 1 is 1.14 bits per heavy atom. The van der Waals surface area contributed by atoms with E-state index in [1.54, 1.807) is 6.07 Å². The minimum absolute atomic E-state index is 0.188. The molecule has 2 rings (SSSR count).